The van der Waals surface area contributed by atoms with E-state index < -0.39 is 0 Å². The van der Waals surface area contributed by atoms with Crippen LogP contribution in [0.1, 0.15) is 10.6 Å². The van der Waals surface area contributed by atoms with Crippen LogP contribution in [0.5, 0.6) is 0 Å². The summed E-state index contributed by atoms with van der Waals surface area (Å²) in [4.78, 5) is 13.7. The lowest BCUT2D eigenvalue weighted by Gasteiger charge is -1.97. The van der Waals surface area contributed by atoms with Crippen molar-refractivity contribution in [2.24, 2.45) is 5.16 Å². The molecule has 0 amide bonds. The summed E-state index contributed by atoms with van der Waals surface area (Å²) in [5.74, 6) is 0. The van der Waals surface area contributed by atoms with Gasteiger partial charge in [0.2, 0.25) is 0 Å². The van der Waals surface area contributed by atoms with Gasteiger partial charge in [-0.3, -0.25) is 4.98 Å². The van der Waals surface area contributed by atoms with Crippen LogP contribution < -0.4 is 0 Å². The van der Waals surface area contributed by atoms with Crippen LogP contribution >= 0.6 is 27.3 Å². The summed E-state index contributed by atoms with van der Waals surface area (Å²) in [6, 6.07) is 9.80. The number of pyridine rings is 1. The van der Waals surface area contributed by atoms with Crippen molar-refractivity contribution in [3.63, 3.8) is 0 Å². The zero-order valence-corrected chi connectivity index (χ0v) is 12.8. The third-order valence-electron chi connectivity index (χ3n) is 2.56. The van der Waals surface area contributed by atoms with E-state index in [4.69, 9.17) is 4.84 Å². The van der Waals surface area contributed by atoms with E-state index in [0.717, 1.165) is 25.3 Å². The molecule has 0 fully saturated rings. The van der Waals surface area contributed by atoms with Gasteiger partial charge >= 0.3 is 0 Å². The molecule has 0 atom stereocenters. The predicted octanol–water partition coefficient (Wildman–Crippen LogP) is 4.00. The number of halogens is 1. The summed E-state index contributed by atoms with van der Waals surface area (Å²) >= 11 is 5.02. The van der Waals surface area contributed by atoms with Gasteiger partial charge < -0.3 is 4.84 Å². The van der Waals surface area contributed by atoms with E-state index in [1.807, 2.05) is 30.3 Å². The van der Waals surface area contributed by atoms with Crippen molar-refractivity contribution in [2.75, 3.05) is 0 Å². The summed E-state index contributed by atoms with van der Waals surface area (Å²) < 4.78 is 2.16. The Morgan fingerprint density at radius 1 is 1.35 bits per heavy atom. The van der Waals surface area contributed by atoms with Crippen LogP contribution in [0.4, 0.5) is 0 Å². The van der Waals surface area contributed by atoms with Crippen molar-refractivity contribution in [1.29, 1.82) is 0 Å². The molecule has 3 aromatic rings. The van der Waals surface area contributed by atoms with Gasteiger partial charge in [0, 0.05) is 22.4 Å². The molecule has 0 saturated carbocycles. The lowest BCUT2D eigenvalue weighted by molar-refractivity contribution is 0.132. The number of oxime groups is 1. The zero-order chi connectivity index (χ0) is 13.8. The predicted molar refractivity (Wildman–Crippen MR) is 83.9 cm³/mol. The van der Waals surface area contributed by atoms with E-state index in [9.17, 15) is 0 Å². The Morgan fingerprint density at radius 2 is 2.30 bits per heavy atom. The van der Waals surface area contributed by atoms with Crippen LogP contribution in [-0.2, 0) is 11.4 Å². The Labute approximate surface area is 128 Å². The van der Waals surface area contributed by atoms with Crippen LogP contribution in [0, 0.1) is 0 Å². The summed E-state index contributed by atoms with van der Waals surface area (Å²) in [7, 11) is 0. The summed E-state index contributed by atoms with van der Waals surface area (Å²) in [6.07, 6.45) is 5.12. The van der Waals surface area contributed by atoms with Crippen molar-refractivity contribution >= 4 is 43.7 Å². The van der Waals surface area contributed by atoms with Crippen LogP contribution in [-0.4, -0.2) is 16.2 Å². The van der Waals surface area contributed by atoms with Gasteiger partial charge in [0.25, 0.3) is 0 Å². The highest BCUT2D eigenvalue weighted by atomic mass is 79.9. The second kappa shape index (κ2) is 6.11. The minimum absolute atomic E-state index is 0.404. The van der Waals surface area contributed by atoms with Crippen LogP contribution in [0.25, 0.3) is 10.2 Å². The normalized spacial score (nSPS) is 11.2. The highest BCUT2D eigenvalue weighted by Crippen LogP contribution is 2.24. The molecule has 100 valence electrons. The number of hydrogen-bond acceptors (Lipinski definition) is 5. The highest BCUT2D eigenvalue weighted by Gasteiger charge is 2.02. The Bertz CT molecular complexity index is 743. The van der Waals surface area contributed by atoms with Gasteiger partial charge in [-0.15, -0.1) is 11.3 Å². The summed E-state index contributed by atoms with van der Waals surface area (Å²) in [6.45, 7) is 0.404. The number of fused-ring (bicyclic) bond motifs is 1. The average Bonchev–Trinajstić information content (AvgIpc) is 2.86. The van der Waals surface area contributed by atoms with Gasteiger partial charge in [-0.2, -0.15) is 0 Å². The quantitative estimate of drug-likeness (QED) is 0.529. The lowest BCUT2D eigenvalue weighted by atomic mass is 10.3. The van der Waals surface area contributed by atoms with E-state index in [-0.39, 0.29) is 0 Å². The van der Waals surface area contributed by atoms with E-state index in [2.05, 4.69) is 31.1 Å². The maximum Gasteiger partial charge on any atom is 0.143 e. The minimum atomic E-state index is 0.404. The molecular weight excluding hydrogens is 338 g/mol. The van der Waals surface area contributed by atoms with Crippen molar-refractivity contribution in [1.82, 2.24) is 9.97 Å². The fraction of sp³-hybridized carbons (Fsp3) is 0.0714. The summed E-state index contributed by atoms with van der Waals surface area (Å²) in [5, 5.41) is 4.76. The Balaban J connectivity index is 1.65. The molecule has 0 aliphatic heterocycles. The van der Waals surface area contributed by atoms with E-state index in [0.29, 0.717) is 6.61 Å². The van der Waals surface area contributed by atoms with Crippen molar-refractivity contribution < 1.29 is 4.84 Å². The van der Waals surface area contributed by atoms with Crippen molar-refractivity contribution in [3.8, 4) is 0 Å². The van der Waals surface area contributed by atoms with Crippen molar-refractivity contribution in [2.45, 2.75) is 6.61 Å². The molecule has 0 spiro atoms. The molecule has 3 rings (SSSR count). The number of aromatic nitrogens is 2. The van der Waals surface area contributed by atoms with E-state index in [1.165, 1.54) is 0 Å². The van der Waals surface area contributed by atoms with Gasteiger partial charge in [-0.05, 0) is 24.3 Å². The molecule has 0 bridgehead atoms. The summed E-state index contributed by atoms with van der Waals surface area (Å²) in [5.41, 5.74) is 1.95. The first-order valence-electron chi connectivity index (χ1n) is 5.91. The number of hydrogen-bond donors (Lipinski definition) is 0. The first-order valence-corrected chi connectivity index (χ1v) is 7.52. The molecule has 1 aromatic carbocycles. The highest BCUT2D eigenvalue weighted by molar-refractivity contribution is 9.10. The molecule has 2 heterocycles. The zero-order valence-electron chi connectivity index (χ0n) is 10.4. The second-order valence-electron chi connectivity index (χ2n) is 4.03. The first-order chi connectivity index (χ1) is 9.81. The molecule has 0 radical (unpaired) electrons. The van der Waals surface area contributed by atoms with Gasteiger partial charge in [0.15, 0.2) is 0 Å². The van der Waals surface area contributed by atoms with Gasteiger partial charge in [0.1, 0.15) is 17.8 Å². The third kappa shape index (κ3) is 3.20. The van der Waals surface area contributed by atoms with Gasteiger partial charge in [-0.25, -0.2) is 4.98 Å². The smallest absolute Gasteiger partial charge is 0.143 e. The first kappa shape index (κ1) is 13.2. The van der Waals surface area contributed by atoms with Gasteiger partial charge in [0.05, 0.1) is 10.2 Å². The maximum absolute atomic E-state index is 5.23. The molecule has 2 aromatic heterocycles. The monoisotopic (exact) mass is 347 g/mol. The fourth-order valence-corrected chi connectivity index (χ4v) is 3.03. The molecular formula is C14H10BrN3OS. The third-order valence-corrected chi connectivity index (χ3v) is 4.00. The number of thiazole rings is 1. The number of rotatable bonds is 4. The van der Waals surface area contributed by atoms with Crippen LogP contribution in [0.3, 0.4) is 0 Å². The molecule has 0 saturated heterocycles. The van der Waals surface area contributed by atoms with E-state index in [1.54, 1.807) is 29.9 Å². The Kier molecular flexibility index (Phi) is 4.03. The molecule has 0 N–H and O–H groups in total. The van der Waals surface area contributed by atoms with E-state index >= 15 is 0 Å². The van der Waals surface area contributed by atoms with Gasteiger partial charge in [-0.1, -0.05) is 27.2 Å². The standard InChI is InChI=1S/C14H10BrN3OS/c15-11-3-4-12-13(6-11)20-14(18-12)8-17-19-9-10-2-1-5-16-7-10/h1-8H,9H2/b17-8+. The maximum atomic E-state index is 5.23. The number of benzene rings is 1. The average molecular weight is 348 g/mol. The van der Waals surface area contributed by atoms with Crippen LogP contribution in [0.15, 0.2) is 52.4 Å². The molecule has 0 aliphatic carbocycles. The lowest BCUT2D eigenvalue weighted by Crippen LogP contribution is -1.88. The number of nitrogens with zero attached hydrogens (tertiary/aromatic N) is 3. The topological polar surface area (TPSA) is 47.4 Å². The Hall–Kier alpha value is -1.79. The molecule has 20 heavy (non-hydrogen) atoms. The molecule has 0 aliphatic rings. The Morgan fingerprint density at radius 3 is 3.15 bits per heavy atom. The molecule has 0 unspecified atom stereocenters. The largest absolute Gasteiger partial charge is 0.391 e. The fourth-order valence-electron chi connectivity index (χ4n) is 1.65. The van der Waals surface area contributed by atoms with Crippen molar-refractivity contribution in [3.05, 3.63) is 57.8 Å². The van der Waals surface area contributed by atoms with Crippen LogP contribution in [0.2, 0.25) is 0 Å². The SMILES string of the molecule is Brc1ccc2nc(/C=N/OCc3cccnc3)sc2c1. The molecule has 6 heteroatoms. The second-order valence-corrected chi connectivity index (χ2v) is 6.01. The molecule has 4 nitrogen and oxygen atoms in total. The minimum Gasteiger partial charge on any atom is -0.391 e.